The van der Waals surface area contributed by atoms with E-state index >= 15 is 0 Å². The number of phosphoric ester groups is 1. The Hall–Kier alpha value is -2.66. The van der Waals surface area contributed by atoms with Gasteiger partial charge in [0.2, 0.25) is 0 Å². The first-order valence-electron chi connectivity index (χ1n) is 21.2. The number of phosphoric acid groups is 1. The minimum Gasteiger partial charge on any atom is -0.462 e. The fraction of sp³-hybridized carbons (Fsp3) is 0.705. The Labute approximate surface area is 338 Å². The summed E-state index contributed by atoms with van der Waals surface area (Å²) in [4.78, 5) is 46.6. The number of unbranched alkanes of at least 4 members (excludes halogenated alkanes) is 14. The summed E-state index contributed by atoms with van der Waals surface area (Å²) < 4.78 is 32.6. The van der Waals surface area contributed by atoms with Crippen molar-refractivity contribution in [1.29, 1.82) is 0 Å². The Morgan fingerprint density at radius 3 is 1.79 bits per heavy atom. The van der Waals surface area contributed by atoms with Crippen LogP contribution < -0.4 is 0 Å². The number of carbonyl (C=O) groups excluding carboxylic acids is 3. The summed E-state index contributed by atoms with van der Waals surface area (Å²) >= 11 is 0. The van der Waals surface area contributed by atoms with E-state index in [0.29, 0.717) is 25.7 Å². The average Bonchev–Trinajstić information content (AvgIpc) is 3.18. The fourth-order valence-corrected chi connectivity index (χ4v) is 6.08. The van der Waals surface area contributed by atoms with Crippen LogP contribution in [-0.2, 0) is 37.5 Å². The molecule has 0 aliphatic rings. The van der Waals surface area contributed by atoms with Crippen molar-refractivity contribution in [1.82, 2.24) is 0 Å². The van der Waals surface area contributed by atoms with E-state index in [1.54, 1.807) is 12.2 Å². The number of ether oxygens (including phenoxy) is 2. The predicted molar refractivity (Wildman–Crippen MR) is 224 cm³/mol. The zero-order chi connectivity index (χ0) is 41.4. The zero-order valence-electron chi connectivity index (χ0n) is 34.6. The molecule has 0 spiro atoms. The van der Waals surface area contributed by atoms with Crippen molar-refractivity contribution in [2.45, 2.75) is 174 Å². The molecule has 0 saturated carbocycles. The van der Waals surface area contributed by atoms with Gasteiger partial charge in [0.25, 0.3) is 0 Å². The zero-order valence-corrected chi connectivity index (χ0v) is 35.5. The van der Waals surface area contributed by atoms with Crippen LogP contribution in [0.15, 0.2) is 60.8 Å². The Kier molecular flexibility index (Phi) is 37.3. The second-order valence-corrected chi connectivity index (χ2v) is 15.5. The third kappa shape index (κ3) is 38.2. The Morgan fingerprint density at radius 1 is 0.589 bits per heavy atom. The van der Waals surface area contributed by atoms with Gasteiger partial charge in [-0.05, 0) is 70.3 Å². The average molecular weight is 811 g/mol. The number of aliphatic hydroxyl groups excluding tert-OH is 2. The van der Waals surface area contributed by atoms with Gasteiger partial charge < -0.3 is 24.6 Å². The molecule has 0 aromatic rings. The van der Waals surface area contributed by atoms with Gasteiger partial charge in [-0.15, -0.1) is 0 Å². The molecule has 0 bridgehead atoms. The van der Waals surface area contributed by atoms with Crippen LogP contribution in [0.2, 0.25) is 0 Å². The van der Waals surface area contributed by atoms with Crippen molar-refractivity contribution in [2.24, 2.45) is 0 Å². The molecule has 1 unspecified atom stereocenters. The maximum Gasteiger partial charge on any atom is 0.472 e. The standard InChI is InChI=1S/C44H75O11P/c1-3-5-7-8-9-10-11-12-13-14-17-21-24-27-31-35-44(49)55-42(39-54-56(50,51)53-37-41(47)36-45)38-52-43(48)34-30-26-23-20-18-15-16-19-22-25-29-33-40(46)32-28-6-4-2/h12-13,15-16,20,22-23,25,29,33,41-42,45,47H,3-11,14,17-19,21,24,26-28,30-32,34-39H2,1-2H3,(H,50,51)/b13-12-,16-15-,23-20-,25-22-,33-29+/t41-,42+/m0/s1. The van der Waals surface area contributed by atoms with Gasteiger partial charge in [0.1, 0.15) is 12.7 Å². The van der Waals surface area contributed by atoms with Gasteiger partial charge >= 0.3 is 19.8 Å². The van der Waals surface area contributed by atoms with Gasteiger partial charge in [0, 0.05) is 19.3 Å². The maximum atomic E-state index is 12.6. The number of carbonyl (C=O) groups is 3. The van der Waals surface area contributed by atoms with Gasteiger partial charge in [-0.1, -0.05) is 133 Å². The third-order valence-corrected chi connectivity index (χ3v) is 9.57. The number of aliphatic hydroxyl groups is 2. The molecule has 0 fully saturated rings. The number of ketones is 1. The SMILES string of the molecule is CCCCCCCC/C=C\CCCCCCCC(=O)O[C@H](COC(=O)CCC/C=C\C/C=C\C/C=C\C=C\C(=O)CCCCC)COP(=O)(O)OC[C@@H](O)CO. The monoisotopic (exact) mass is 811 g/mol. The maximum absolute atomic E-state index is 12.6. The summed E-state index contributed by atoms with van der Waals surface area (Å²) in [5.74, 6) is -0.880. The second kappa shape index (κ2) is 39.2. The van der Waals surface area contributed by atoms with Crippen molar-refractivity contribution in [3.05, 3.63) is 60.8 Å². The van der Waals surface area contributed by atoms with E-state index in [-0.39, 0.29) is 25.2 Å². The lowest BCUT2D eigenvalue weighted by Crippen LogP contribution is -2.29. The summed E-state index contributed by atoms with van der Waals surface area (Å²) in [6, 6.07) is 0. The number of allylic oxidation sites excluding steroid dienone is 10. The number of rotatable bonds is 39. The molecular weight excluding hydrogens is 735 g/mol. The van der Waals surface area contributed by atoms with Crippen molar-refractivity contribution in [3.8, 4) is 0 Å². The lowest BCUT2D eigenvalue weighted by atomic mass is 10.1. The normalized spacial score (nSPS) is 14.4. The molecule has 0 aliphatic heterocycles. The first kappa shape index (κ1) is 53.3. The van der Waals surface area contributed by atoms with E-state index in [1.807, 2.05) is 36.5 Å². The van der Waals surface area contributed by atoms with Crippen LogP contribution in [0.1, 0.15) is 162 Å². The summed E-state index contributed by atoms with van der Waals surface area (Å²) in [6.45, 7) is 2.11. The molecule has 12 heteroatoms. The molecule has 0 aromatic carbocycles. The molecule has 3 N–H and O–H groups in total. The topological polar surface area (TPSA) is 166 Å². The smallest absolute Gasteiger partial charge is 0.462 e. The van der Waals surface area contributed by atoms with E-state index in [1.165, 1.54) is 38.5 Å². The lowest BCUT2D eigenvalue weighted by Gasteiger charge is -2.20. The van der Waals surface area contributed by atoms with E-state index in [0.717, 1.165) is 70.6 Å². The van der Waals surface area contributed by atoms with Crippen molar-refractivity contribution in [3.63, 3.8) is 0 Å². The van der Waals surface area contributed by atoms with Gasteiger partial charge in [0.05, 0.1) is 19.8 Å². The van der Waals surface area contributed by atoms with Crippen LogP contribution in [-0.4, -0.2) is 71.5 Å². The van der Waals surface area contributed by atoms with E-state index in [2.05, 4.69) is 30.5 Å². The minimum atomic E-state index is -4.65. The highest BCUT2D eigenvalue weighted by atomic mass is 31.2. The summed E-state index contributed by atoms with van der Waals surface area (Å²) in [7, 11) is -4.65. The van der Waals surface area contributed by atoms with Crippen LogP contribution in [0.4, 0.5) is 0 Å². The molecule has 0 amide bonds. The van der Waals surface area contributed by atoms with E-state index < -0.39 is 51.8 Å². The van der Waals surface area contributed by atoms with Gasteiger partial charge in [-0.2, -0.15) is 0 Å². The lowest BCUT2D eigenvalue weighted by molar-refractivity contribution is -0.161. The molecule has 0 radical (unpaired) electrons. The van der Waals surface area contributed by atoms with Crippen molar-refractivity contribution >= 4 is 25.5 Å². The fourth-order valence-electron chi connectivity index (χ4n) is 5.29. The molecule has 0 rings (SSSR count). The Balaban J connectivity index is 4.47. The Bertz CT molecular complexity index is 1180. The highest BCUT2D eigenvalue weighted by molar-refractivity contribution is 7.47. The first-order valence-corrected chi connectivity index (χ1v) is 22.7. The number of hydrogen-bond donors (Lipinski definition) is 3. The molecule has 3 atom stereocenters. The minimum absolute atomic E-state index is 0.136. The van der Waals surface area contributed by atoms with Crippen LogP contribution in [0, 0.1) is 0 Å². The van der Waals surface area contributed by atoms with E-state index in [4.69, 9.17) is 19.1 Å². The number of esters is 2. The first-order chi connectivity index (χ1) is 27.1. The molecule has 11 nitrogen and oxygen atoms in total. The summed E-state index contributed by atoms with van der Waals surface area (Å²) in [6.07, 6.45) is 38.9. The Morgan fingerprint density at radius 2 is 1.11 bits per heavy atom. The van der Waals surface area contributed by atoms with E-state index in [9.17, 15) is 28.9 Å². The largest absolute Gasteiger partial charge is 0.472 e. The van der Waals surface area contributed by atoms with Gasteiger partial charge in [-0.3, -0.25) is 23.4 Å². The van der Waals surface area contributed by atoms with Crippen LogP contribution >= 0.6 is 7.82 Å². The van der Waals surface area contributed by atoms with Gasteiger partial charge in [0.15, 0.2) is 11.9 Å². The third-order valence-electron chi connectivity index (χ3n) is 8.62. The highest BCUT2D eigenvalue weighted by Crippen LogP contribution is 2.43. The molecule has 0 saturated heterocycles. The van der Waals surface area contributed by atoms with Crippen LogP contribution in [0.5, 0.6) is 0 Å². The summed E-state index contributed by atoms with van der Waals surface area (Å²) in [5.41, 5.74) is 0. The molecule has 0 heterocycles. The molecular formula is C44H75O11P. The van der Waals surface area contributed by atoms with Crippen LogP contribution in [0.25, 0.3) is 0 Å². The molecule has 0 aliphatic carbocycles. The van der Waals surface area contributed by atoms with Gasteiger partial charge in [-0.25, -0.2) is 4.57 Å². The quantitative estimate of drug-likeness (QED) is 0.0135. The highest BCUT2D eigenvalue weighted by Gasteiger charge is 2.27. The van der Waals surface area contributed by atoms with Crippen molar-refractivity contribution in [2.75, 3.05) is 26.4 Å². The predicted octanol–water partition coefficient (Wildman–Crippen LogP) is 10.3. The summed E-state index contributed by atoms with van der Waals surface area (Å²) in [5, 5.41) is 18.3. The second-order valence-electron chi connectivity index (χ2n) is 14.0. The number of hydrogen-bond acceptors (Lipinski definition) is 10. The molecule has 56 heavy (non-hydrogen) atoms. The molecule has 0 aromatic heterocycles. The van der Waals surface area contributed by atoms with Crippen molar-refractivity contribution < 1.29 is 52.6 Å². The molecule has 322 valence electrons. The van der Waals surface area contributed by atoms with Crippen LogP contribution in [0.3, 0.4) is 0 Å².